The van der Waals surface area contributed by atoms with Crippen molar-refractivity contribution in [1.82, 2.24) is 10.0 Å². The number of hydrogen-bond acceptors (Lipinski definition) is 3. The molecular formula is C19H28Cl2N2O2S. The summed E-state index contributed by atoms with van der Waals surface area (Å²) < 4.78 is 21.7. The number of rotatable bonds is 7. The molecule has 26 heavy (non-hydrogen) atoms. The number of piperidine rings is 1. The van der Waals surface area contributed by atoms with Gasteiger partial charge in [0.05, 0.1) is 31.8 Å². The number of halogens is 2. The Hall–Kier alpha value is -0.590. The number of hydrogen-bond donors (Lipinski definition) is 2. The van der Waals surface area contributed by atoms with Crippen molar-refractivity contribution < 1.29 is 8.95 Å². The van der Waals surface area contributed by atoms with Crippen molar-refractivity contribution in [2.75, 3.05) is 19.7 Å². The molecule has 2 N–H and O–H groups in total. The summed E-state index contributed by atoms with van der Waals surface area (Å²) in [5.41, 5.74) is 0.894. The maximum absolute atomic E-state index is 12.8. The quantitative estimate of drug-likeness (QED) is 0.633. The maximum Gasteiger partial charge on any atom is 0.126 e. The van der Waals surface area contributed by atoms with Gasteiger partial charge >= 0.3 is 0 Å². The van der Waals surface area contributed by atoms with Crippen molar-refractivity contribution in [3.63, 3.8) is 0 Å². The minimum Gasteiger partial charge on any atom is -0.489 e. The Morgan fingerprint density at radius 2 is 1.96 bits per heavy atom. The predicted molar refractivity (Wildman–Crippen MR) is 112 cm³/mol. The summed E-state index contributed by atoms with van der Waals surface area (Å²) in [5, 5.41) is 4.29. The number of nitrogens with one attached hydrogen (secondary N) is 2. The first-order valence-corrected chi connectivity index (χ1v) is 10.8. The molecule has 1 aromatic rings. The van der Waals surface area contributed by atoms with E-state index in [1.165, 1.54) is 0 Å². The Labute approximate surface area is 169 Å². The molecule has 4 nitrogen and oxygen atoms in total. The van der Waals surface area contributed by atoms with Gasteiger partial charge in [-0.05, 0) is 58.7 Å². The minimum atomic E-state index is -1.22. The summed E-state index contributed by atoms with van der Waals surface area (Å²) in [4.78, 5) is 0. The second-order valence-electron chi connectivity index (χ2n) is 7.47. The van der Waals surface area contributed by atoms with Crippen LogP contribution in [0.3, 0.4) is 0 Å². The third-order valence-electron chi connectivity index (χ3n) is 4.39. The van der Waals surface area contributed by atoms with E-state index in [4.69, 9.17) is 27.9 Å². The summed E-state index contributed by atoms with van der Waals surface area (Å²) in [7, 11) is -1.22. The molecule has 0 amide bonds. The Morgan fingerprint density at radius 1 is 1.35 bits per heavy atom. The van der Waals surface area contributed by atoms with Crippen molar-refractivity contribution in [2.24, 2.45) is 5.92 Å². The fourth-order valence-corrected chi connectivity index (χ4v) is 4.17. The van der Waals surface area contributed by atoms with Gasteiger partial charge in [0, 0.05) is 11.6 Å². The molecule has 2 rings (SSSR count). The highest BCUT2D eigenvalue weighted by molar-refractivity contribution is 7.84. The monoisotopic (exact) mass is 418 g/mol. The third-order valence-corrected chi connectivity index (χ3v) is 6.69. The Kier molecular flexibility index (Phi) is 7.98. The molecule has 1 saturated heterocycles. The normalized spacial score (nSPS) is 18.3. The van der Waals surface area contributed by atoms with Gasteiger partial charge in [-0.1, -0.05) is 35.9 Å². The lowest BCUT2D eigenvalue weighted by Gasteiger charge is -2.34. The first-order chi connectivity index (χ1) is 12.2. The summed E-state index contributed by atoms with van der Waals surface area (Å²) in [6.07, 6.45) is 3.66. The van der Waals surface area contributed by atoms with Crippen LogP contribution in [0.2, 0.25) is 10.0 Å². The topological polar surface area (TPSA) is 50.4 Å². The van der Waals surface area contributed by atoms with E-state index in [1.807, 2.05) is 26.8 Å². The van der Waals surface area contributed by atoms with E-state index in [-0.39, 0.29) is 10.8 Å². The molecule has 7 heteroatoms. The smallest absolute Gasteiger partial charge is 0.126 e. The standard InChI is InChI=1S/C19H28Cl2N2O2S/c1-5-10-25-17-12-16(21)15(20)11-14(17)18(13-6-8-22-9-7-13)23-26(24)19(2,3)4/h5,11-13,18,22-23H,1,6-10H2,2-4H3/t18?,26-/m0/s1. The second kappa shape index (κ2) is 9.56. The van der Waals surface area contributed by atoms with E-state index in [0.717, 1.165) is 31.5 Å². The molecule has 0 aromatic heterocycles. The average molecular weight is 419 g/mol. The lowest BCUT2D eigenvalue weighted by atomic mass is 9.86. The Bertz CT molecular complexity index is 656. The van der Waals surface area contributed by atoms with Gasteiger partial charge in [0.1, 0.15) is 12.4 Å². The highest BCUT2D eigenvalue weighted by atomic mass is 35.5. The van der Waals surface area contributed by atoms with Gasteiger partial charge < -0.3 is 10.1 Å². The van der Waals surface area contributed by atoms with Crippen LogP contribution >= 0.6 is 23.2 Å². The van der Waals surface area contributed by atoms with Crippen molar-refractivity contribution in [3.8, 4) is 5.75 Å². The van der Waals surface area contributed by atoms with Crippen LogP contribution in [0.4, 0.5) is 0 Å². The largest absolute Gasteiger partial charge is 0.489 e. The molecule has 1 heterocycles. The van der Waals surface area contributed by atoms with Gasteiger partial charge in [0.15, 0.2) is 0 Å². The second-order valence-corrected chi connectivity index (χ2v) is 10.3. The molecule has 146 valence electrons. The molecule has 0 radical (unpaired) electrons. The van der Waals surface area contributed by atoms with Gasteiger partial charge in [0.2, 0.25) is 0 Å². The molecule has 0 bridgehead atoms. The van der Waals surface area contributed by atoms with Crippen LogP contribution < -0.4 is 14.8 Å². The van der Waals surface area contributed by atoms with Crippen LogP contribution in [0.1, 0.15) is 45.2 Å². The predicted octanol–water partition coefficient (Wildman–Crippen LogP) is 4.65. The molecule has 0 aliphatic carbocycles. The summed E-state index contributed by atoms with van der Waals surface area (Å²) in [6.45, 7) is 11.8. The summed E-state index contributed by atoms with van der Waals surface area (Å²) in [5.74, 6) is 0.979. The molecule has 2 atom stereocenters. The Morgan fingerprint density at radius 3 is 2.54 bits per heavy atom. The molecule has 0 spiro atoms. The third kappa shape index (κ3) is 5.70. The summed E-state index contributed by atoms with van der Waals surface area (Å²) in [6, 6.07) is 3.44. The van der Waals surface area contributed by atoms with Gasteiger partial charge in [-0.25, -0.2) is 8.93 Å². The van der Waals surface area contributed by atoms with Gasteiger partial charge in [0.25, 0.3) is 0 Å². The first-order valence-electron chi connectivity index (χ1n) is 8.85. The van der Waals surface area contributed by atoms with E-state index in [9.17, 15) is 4.21 Å². The van der Waals surface area contributed by atoms with Gasteiger partial charge in [-0.3, -0.25) is 0 Å². The minimum absolute atomic E-state index is 0.133. The lowest BCUT2D eigenvalue weighted by molar-refractivity contribution is 0.295. The maximum atomic E-state index is 12.8. The van der Waals surface area contributed by atoms with Crippen molar-refractivity contribution in [3.05, 3.63) is 40.4 Å². The SMILES string of the molecule is C=CCOc1cc(Cl)c(Cl)cc1C(N[S@@](=O)C(C)(C)C)C1CCNCC1. The molecule has 1 aromatic carbocycles. The number of benzene rings is 1. The molecule has 1 aliphatic rings. The lowest BCUT2D eigenvalue weighted by Crippen LogP contribution is -2.41. The fraction of sp³-hybridized carbons (Fsp3) is 0.579. The highest BCUT2D eigenvalue weighted by Crippen LogP contribution is 2.39. The van der Waals surface area contributed by atoms with Crippen molar-refractivity contribution in [1.29, 1.82) is 0 Å². The average Bonchev–Trinajstić information content (AvgIpc) is 2.60. The first kappa shape index (κ1) is 21.7. The molecular weight excluding hydrogens is 391 g/mol. The van der Waals surface area contributed by atoms with Crippen LogP contribution in [-0.4, -0.2) is 28.7 Å². The Balaban J connectivity index is 2.44. The summed E-state index contributed by atoms with van der Waals surface area (Å²) >= 11 is 12.5. The van der Waals surface area contributed by atoms with Crippen molar-refractivity contribution >= 4 is 34.2 Å². The fourth-order valence-electron chi connectivity index (χ4n) is 2.94. The zero-order chi connectivity index (χ0) is 19.3. The van der Waals surface area contributed by atoms with Crippen LogP contribution in [0, 0.1) is 5.92 Å². The molecule has 0 saturated carbocycles. The van der Waals surface area contributed by atoms with Gasteiger partial charge in [-0.15, -0.1) is 0 Å². The zero-order valence-corrected chi connectivity index (χ0v) is 17.9. The van der Waals surface area contributed by atoms with E-state index in [1.54, 1.807) is 12.1 Å². The van der Waals surface area contributed by atoms with E-state index >= 15 is 0 Å². The number of ether oxygens (including phenoxy) is 1. The van der Waals surface area contributed by atoms with Crippen LogP contribution in [0.5, 0.6) is 5.75 Å². The van der Waals surface area contributed by atoms with E-state index in [0.29, 0.717) is 28.3 Å². The van der Waals surface area contributed by atoms with E-state index in [2.05, 4.69) is 16.6 Å². The molecule has 1 fully saturated rings. The highest BCUT2D eigenvalue weighted by Gasteiger charge is 2.32. The van der Waals surface area contributed by atoms with E-state index < -0.39 is 11.0 Å². The zero-order valence-electron chi connectivity index (χ0n) is 15.6. The van der Waals surface area contributed by atoms with Gasteiger partial charge in [-0.2, -0.15) is 0 Å². The van der Waals surface area contributed by atoms with Crippen LogP contribution in [0.25, 0.3) is 0 Å². The molecule has 1 aliphatic heterocycles. The van der Waals surface area contributed by atoms with Crippen LogP contribution in [0.15, 0.2) is 24.8 Å². The van der Waals surface area contributed by atoms with Crippen molar-refractivity contribution in [2.45, 2.75) is 44.4 Å². The van der Waals surface area contributed by atoms with Crippen LogP contribution in [-0.2, 0) is 11.0 Å². The molecule has 1 unspecified atom stereocenters.